The average Bonchev–Trinajstić information content (AvgIpc) is 2.75. The van der Waals surface area contributed by atoms with E-state index in [2.05, 4.69) is 25.5 Å². The van der Waals surface area contributed by atoms with Crippen molar-refractivity contribution in [1.29, 1.82) is 0 Å². The summed E-state index contributed by atoms with van der Waals surface area (Å²) in [6.45, 7) is 8.76. The van der Waals surface area contributed by atoms with Gasteiger partial charge in [0.15, 0.2) is 0 Å². The van der Waals surface area contributed by atoms with Crippen LogP contribution in [-0.2, 0) is 17.9 Å². The van der Waals surface area contributed by atoms with Crippen LogP contribution in [0.4, 0.5) is 21.0 Å². The Morgan fingerprint density at radius 2 is 2.13 bits per heavy atom. The average molecular weight is 414 g/mol. The standard InChI is InChI=1S/C21H27FN6O2/c1-3-28-19-17(13-30-21(28)29)11-24-20(26-19)25-14(2)15-4-5-16(18(22)10-15)12-27-8-6-23-7-9-27/h4-5,10-11,14,23H,3,6-9,12-13H2,1-2H3,(H,24,25,26). The van der Waals surface area contributed by atoms with Crippen molar-refractivity contribution < 1.29 is 13.9 Å². The number of hydrogen-bond donors (Lipinski definition) is 2. The molecular formula is C21H27FN6O2. The quantitative estimate of drug-likeness (QED) is 0.752. The number of halogens is 1. The molecule has 0 aliphatic carbocycles. The number of benzene rings is 1. The summed E-state index contributed by atoms with van der Waals surface area (Å²) in [5.41, 5.74) is 2.28. The highest BCUT2D eigenvalue weighted by Gasteiger charge is 2.27. The number of hydrogen-bond acceptors (Lipinski definition) is 7. The summed E-state index contributed by atoms with van der Waals surface area (Å²) in [6, 6.07) is 5.17. The fourth-order valence-corrected chi connectivity index (χ4v) is 3.73. The first-order valence-electron chi connectivity index (χ1n) is 10.3. The molecule has 1 atom stereocenters. The van der Waals surface area contributed by atoms with E-state index < -0.39 is 6.09 Å². The van der Waals surface area contributed by atoms with Crippen molar-refractivity contribution in [2.24, 2.45) is 0 Å². The molecule has 0 spiro atoms. The minimum Gasteiger partial charge on any atom is -0.444 e. The molecule has 0 radical (unpaired) electrons. The Labute approximate surface area is 175 Å². The summed E-state index contributed by atoms with van der Waals surface area (Å²) in [5.74, 6) is 0.738. The van der Waals surface area contributed by atoms with E-state index in [1.54, 1.807) is 12.3 Å². The van der Waals surface area contributed by atoms with Crippen molar-refractivity contribution in [2.45, 2.75) is 33.0 Å². The summed E-state index contributed by atoms with van der Waals surface area (Å²) >= 11 is 0. The lowest BCUT2D eigenvalue weighted by Gasteiger charge is -2.27. The summed E-state index contributed by atoms with van der Waals surface area (Å²) in [5, 5.41) is 6.52. The van der Waals surface area contributed by atoms with Crippen LogP contribution in [0.2, 0.25) is 0 Å². The molecule has 0 bridgehead atoms. The van der Waals surface area contributed by atoms with E-state index in [-0.39, 0.29) is 18.5 Å². The largest absolute Gasteiger partial charge is 0.444 e. The van der Waals surface area contributed by atoms with Gasteiger partial charge in [0.1, 0.15) is 18.2 Å². The molecule has 1 fully saturated rings. The van der Waals surface area contributed by atoms with Crippen LogP contribution in [0.5, 0.6) is 0 Å². The van der Waals surface area contributed by atoms with E-state index in [4.69, 9.17) is 4.74 Å². The van der Waals surface area contributed by atoms with Crippen LogP contribution >= 0.6 is 0 Å². The smallest absolute Gasteiger partial charge is 0.415 e. The lowest BCUT2D eigenvalue weighted by atomic mass is 10.0. The Morgan fingerprint density at radius 3 is 2.87 bits per heavy atom. The van der Waals surface area contributed by atoms with Crippen molar-refractivity contribution in [3.63, 3.8) is 0 Å². The van der Waals surface area contributed by atoms with Crippen LogP contribution in [0.25, 0.3) is 0 Å². The Hall–Kier alpha value is -2.78. The van der Waals surface area contributed by atoms with Gasteiger partial charge in [-0.15, -0.1) is 0 Å². The van der Waals surface area contributed by atoms with Crippen LogP contribution in [0.15, 0.2) is 24.4 Å². The number of piperazine rings is 1. The number of nitrogens with one attached hydrogen (secondary N) is 2. The van der Waals surface area contributed by atoms with Crippen LogP contribution in [0.3, 0.4) is 0 Å². The predicted molar refractivity (Wildman–Crippen MR) is 112 cm³/mol. The highest BCUT2D eigenvalue weighted by molar-refractivity contribution is 5.89. The summed E-state index contributed by atoms with van der Waals surface area (Å²) < 4.78 is 19.8. The van der Waals surface area contributed by atoms with Gasteiger partial charge in [0, 0.05) is 51.0 Å². The molecule has 1 aromatic carbocycles. The van der Waals surface area contributed by atoms with Gasteiger partial charge in [0.05, 0.1) is 11.6 Å². The first kappa shape index (κ1) is 20.5. The van der Waals surface area contributed by atoms with E-state index in [1.807, 2.05) is 26.0 Å². The van der Waals surface area contributed by atoms with Gasteiger partial charge in [-0.1, -0.05) is 12.1 Å². The maximum absolute atomic E-state index is 14.7. The predicted octanol–water partition coefficient (Wildman–Crippen LogP) is 2.67. The summed E-state index contributed by atoms with van der Waals surface area (Å²) in [4.78, 5) is 24.5. The second-order valence-electron chi connectivity index (χ2n) is 7.58. The third kappa shape index (κ3) is 4.36. The van der Waals surface area contributed by atoms with Crippen LogP contribution in [0, 0.1) is 5.82 Å². The number of anilines is 2. The molecule has 30 heavy (non-hydrogen) atoms. The summed E-state index contributed by atoms with van der Waals surface area (Å²) in [6.07, 6.45) is 1.24. The van der Waals surface area contributed by atoms with E-state index in [1.165, 1.54) is 4.90 Å². The number of cyclic esters (lactones) is 1. The van der Waals surface area contributed by atoms with Crippen molar-refractivity contribution >= 4 is 17.9 Å². The molecule has 2 aliphatic heterocycles. The molecule has 160 valence electrons. The highest BCUT2D eigenvalue weighted by atomic mass is 19.1. The molecule has 8 nitrogen and oxygen atoms in total. The van der Waals surface area contributed by atoms with Gasteiger partial charge in [0.2, 0.25) is 5.95 Å². The zero-order valence-electron chi connectivity index (χ0n) is 17.3. The normalized spacial score (nSPS) is 18.0. The van der Waals surface area contributed by atoms with Crippen LogP contribution < -0.4 is 15.5 Å². The van der Waals surface area contributed by atoms with Gasteiger partial charge in [-0.25, -0.2) is 14.2 Å². The number of ether oxygens (including phenoxy) is 1. The first-order valence-corrected chi connectivity index (χ1v) is 10.3. The van der Waals surface area contributed by atoms with Crippen molar-refractivity contribution in [3.05, 3.63) is 46.9 Å². The number of amides is 1. The lowest BCUT2D eigenvalue weighted by Crippen LogP contribution is -2.43. The second-order valence-corrected chi connectivity index (χ2v) is 7.58. The van der Waals surface area contributed by atoms with Gasteiger partial charge in [-0.3, -0.25) is 9.80 Å². The van der Waals surface area contributed by atoms with Gasteiger partial charge in [0.25, 0.3) is 0 Å². The molecule has 2 aliphatic rings. The molecule has 1 amide bonds. The van der Waals surface area contributed by atoms with E-state index >= 15 is 0 Å². The molecule has 0 saturated carbocycles. The third-order valence-electron chi connectivity index (χ3n) is 5.51. The minimum absolute atomic E-state index is 0.167. The topological polar surface area (TPSA) is 82.6 Å². The van der Waals surface area contributed by atoms with Crippen molar-refractivity contribution in [2.75, 3.05) is 42.9 Å². The fourth-order valence-electron chi connectivity index (χ4n) is 3.73. The van der Waals surface area contributed by atoms with E-state index in [0.29, 0.717) is 30.4 Å². The maximum Gasteiger partial charge on any atom is 0.415 e. The van der Waals surface area contributed by atoms with Gasteiger partial charge < -0.3 is 15.4 Å². The Bertz CT molecular complexity index is 918. The minimum atomic E-state index is -0.412. The van der Waals surface area contributed by atoms with Crippen LogP contribution in [-0.4, -0.2) is 53.7 Å². The van der Waals surface area contributed by atoms with Gasteiger partial charge in [-0.2, -0.15) is 4.98 Å². The first-order chi connectivity index (χ1) is 14.5. The zero-order valence-corrected chi connectivity index (χ0v) is 17.3. The van der Waals surface area contributed by atoms with Gasteiger partial charge >= 0.3 is 6.09 Å². The number of nitrogens with zero attached hydrogens (tertiary/aromatic N) is 4. The molecule has 1 aromatic heterocycles. The molecular weight excluding hydrogens is 387 g/mol. The lowest BCUT2D eigenvalue weighted by molar-refractivity contribution is 0.141. The maximum atomic E-state index is 14.7. The van der Waals surface area contributed by atoms with Crippen molar-refractivity contribution in [3.8, 4) is 0 Å². The zero-order chi connectivity index (χ0) is 21.1. The van der Waals surface area contributed by atoms with E-state index in [0.717, 1.165) is 37.3 Å². The van der Waals surface area contributed by atoms with Crippen LogP contribution in [0.1, 0.15) is 36.6 Å². The third-order valence-corrected chi connectivity index (χ3v) is 5.51. The molecule has 2 N–H and O–H groups in total. The number of fused-ring (bicyclic) bond motifs is 1. The Kier molecular flexibility index (Phi) is 6.10. The molecule has 2 aromatic rings. The molecule has 4 rings (SSSR count). The fraction of sp³-hybridized carbons (Fsp3) is 0.476. The summed E-state index contributed by atoms with van der Waals surface area (Å²) in [7, 11) is 0. The Morgan fingerprint density at radius 1 is 1.33 bits per heavy atom. The molecule has 1 unspecified atom stereocenters. The van der Waals surface area contributed by atoms with Crippen molar-refractivity contribution in [1.82, 2.24) is 20.2 Å². The molecule has 9 heteroatoms. The number of carbonyl (C=O) groups excluding carboxylic acids is 1. The SMILES string of the molecule is CCN1C(=O)OCc2cnc(NC(C)c3ccc(CN4CCNCC4)c(F)c3)nc21. The molecule has 3 heterocycles. The van der Waals surface area contributed by atoms with E-state index in [9.17, 15) is 9.18 Å². The Balaban J connectivity index is 1.46. The number of carbonyl (C=O) groups is 1. The van der Waals surface area contributed by atoms with Gasteiger partial charge in [-0.05, 0) is 25.5 Å². The number of rotatable bonds is 6. The highest BCUT2D eigenvalue weighted by Crippen LogP contribution is 2.27. The second kappa shape index (κ2) is 8.93. The number of aromatic nitrogens is 2. The molecule has 1 saturated heterocycles. The monoisotopic (exact) mass is 414 g/mol.